The van der Waals surface area contributed by atoms with E-state index < -0.39 is 5.82 Å². The summed E-state index contributed by atoms with van der Waals surface area (Å²) in [5.74, 6) is -0.682. The lowest BCUT2D eigenvalue weighted by Crippen LogP contribution is -2.42. The summed E-state index contributed by atoms with van der Waals surface area (Å²) in [6, 6.07) is 4.80. The maximum Gasteiger partial charge on any atom is 0.169 e. The van der Waals surface area contributed by atoms with Crippen LogP contribution in [0.5, 0.6) is 0 Å². The zero-order valence-corrected chi connectivity index (χ0v) is 11.7. The third-order valence-corrected chi connectivity index (χ3v) is 4.32. The molecular weight excluding hydrogens is 259 g/mol. The molecule has 2 aliphatic heterocycles. The number of carbonyl (C=O) groups is 1. The molecule has 3 nitrogen and oxygen atoms in total. The molecule has 2 heterocycles. The number of Topliss-reactive ketones (excluding diaryl/α,β-unsaturated/α-hetero) is 1. The van der Waals surface area contributed by atoms with Crippen LogP contribution < -0.4 is 0 Å². The van der Waals surface area contributed by atoms with E-state index in [0.717, 1.165) is 12.0 Å². The van der Waals surface area contributed by atoms with E-state index >= 15 is 0 Å². The molecule has 3 rings (SSSR count). The van der Waals surface area contributed by atoms with E-state index in [2.05, 4.69) is 0 Å². The molecule has 2 aliphatic rings. The highest BCUT2D eigenvalue weighted by Gasteiger charge is 2.43. The monoisotopic (exact) mass is 278 g/mol. The Bertz CT molecular complexity index is 520. The predicted octanol–water partition coefficient (Wildman–Crippen LogP) is 2.90. The summed E-state index contributed by atoms with van der Waals surface area (Å²) in [5.41, 5.74) is 0.711. The van der Waals surface area contributed by atoms with Gasteiger partial charge in [0.15, 0.2) is 5.78 Å². The lowest BCUT2D eigenvalue weighted by Gasteiger charge is -2.36. The summed E-state index contributed by atoms with van der Waals surface area (Å²) in [7, 11) is 0. The minimum absolute atomic E-state index is 0.0999. The number of carbonyl (C=O) groups excluding carboxylic acids is 1. The number of hydrogen-bond acceptors (Lipinski definition) is 3. The van der Waals surface area contributed by atoms with Crippen LogP contribution in [0.4, 0.5) is 4.39 Å². The van der Waals surface area contributed by atoms with Crippen LogP contribution in [0.1, 0.15) is 35.2 Å². The van der Waals surface area contributed by atoms with Crippen LogP contribution in [0.25, 0.3) is 0 Å². The summed E-state index contributed by atoms with van der Waals surface area (Å²) in [5, 5.41) is 0. The quantitative estimate of drug-likeness (QED) is 0.780. The summed E-state index contributed by atoms with van der Waals surface area (Å²) in [6.07, 6.45) is 2.13. The predicted molar refractivity (Wildman–Crippen MR) is 72.3 cm³/mol. The van der Waals surface area contributed by atoms with Crippen molar-refractivity contribution in [2.24, 2.45) is 5.92 Å². The van der Waals surface area contributed by atoms with Gasteiger partial charge in [-0.3, -0.25) is 4.79 Å². The molecule has 2 unspecified atom stereocenters. The van der Waals surface area contributed by atoms with Crippen LogP contribution in [-0.2, 0) is 9.47 Å². The number of ketones is 1. The number of halogens is 1. The average molecular weight is 278 g/mol. The molecule has 2 atom stereocenters. The van der Waals surface area contributed by atoms with Crippen LogP contribution in [0.3, 0.4) is 0 Å². The minimum Gasteiger partial charge on any atom is -0.378 e. The molecule has 1 aromatic carbocycles. The second kappa shape index (κ2) is 5.26. The topological polar surface area (TPSA) is 35.5 Å². The second-order valence-electron chi connectivity index (χ2n) is 5.87. The molecule has 108 valence electrons. The third-order valence-electron chi connectivity index (χ3n) is 4.32. The van der Waals surface area contributed by atoms with E-state index in [1.165, 1.54) is 6.07 Å². The van der Waals surface area contributed by atoms with Gasteiger partial charge in [-0.15, -0.1) is 0 Å². The SMILES string of the molecule is Cc1ccc(C(=O)C2CCOC3(CCOC3)C2)c(F)c1. The first-order chi connectivity index (χ1) is 9.60. The molecule has 0 saturated carbocycles. The normalized spacial score (nSPS) is 29.8. The third kappa shape index (κ3) is 2.50. The van der Waals surface area contributed by atoms with Crippen molar-refractivity contribution in [1.82, 2.24) is 0 Å². The van der Waals surface area contributed by atoms with Crippen molar-refractivity contribution >= 4 is 5.78 Å². The molecule has 0 N–H and O–H groups in total. The van der Waals surface area contributed by atoms with Gasteiger partial charge in [-0.25, -0.2) is 4.39 Å². The molecular formula is C16H19FO3. The lowest BCUT2D eigenvalue weighted by molar-refractivity contribution is -0.0921. The maximum atomic E-state index is 13.9. The van der Waals surface area contributed by atoms with Crippen LogP contribution in [0.2, 0.25) is 0 Å². The number of rotatable bonds is 2. The number of benzene rings is 1. The Kier molecular flexibility index (Phi) is 3.61. The van der Waals surface area contributed by atoms with E-state index in [1.54, 1.807) is 12.1 Å². The van der Waals surface area contributed by atoms with Crippen molar-refractivity contribution in [3.8, 4) is 0 Å². The van der Waals surface area contributed by atoms with Crippen LogP contribution in [0, 0.1) is 18.7 Å². The summed E-state index contributed by atoms with van der Waals surface area (Å²) in [4.78, 5) is 12.5. The molecule has 1 aromatic rings. The summed E-state index contributed by atoms with van der Waals surface area (Å²) in [6.45, 7) is 3.59. The molecule has 4 heteroatoms. The van der Waals surface area contributed by atoms with Crippen LogP contribution in [-0.4, -0.2) is 31.2 Å². The standard InChI is InChI=1S/C16H19FO3/c1-11-2-3-13(14(17)8-11)15(18)12-4-6-20-16(9-12)5-7-19-10-16/h2-3,8,12H,4-7,9-10H2,1H3. The van der Waals surface area contributed by atoms with Gasteiger partial charge in [-0.1, -0.05) is 6.07 Å². The molecule has 1 spiro atoms. The Morgan fingerprint density at radius 1 is 1.40 bits per heavy atom. The van der Waals surface area contributed by atoms with Gasteiger partial charge in [0.05, 0.1) is 17.8 Å². The number of ether oxygens (including phenoxy) is 2. The summed E-state index contributed by atoms with van der Waals surface area (Å²) < 4.78 is 25.2. The number of hydrogen-bond donors (Lipinski definition) is 0. The van der Waals surface area contributed by atoms with Gasteiger partial charge in [0.2, 0.25) is 0 Å². The highest BCUT2D eigenvalue weighted by molar-refractivity contribution is 5.98. The van der Waals surface area contributed by atoms with Crippen molar-refractivity contribution in [1.29, 1.82) is 0 Å². The molecule has 0 bridgehead atoms. The van der Waals surface area contributed by atoms with Gasteiger partial charge >= 0.3 is 0 Å². The first kappa shape index (κ1) is 13.7. The fraction of sp³-hybridized carbons (Fsp3) is 0.562. The molecule has 20 heavy (non-hydrogen) atoms. The van der Waals surface area contributed by atoms with Crippen molar-refractivity contribution in [3.63, 3.8) is 0 Å². The van der Waals surface area contributed by atoms with Crippen molar-refractivity contribution < 1.29 is 18.7 Å². The minimum atomic E-state index is -0.418. The average Bonchev–Trinajstić information content (AvgIpc) is 2.86. The Balaban J connectivity index is 1.79. The molecule has 2 saturated heterocycles. The first-order valence-corrected chi connectivity index (χ1v) is 7.12. The van der Waals surface area contributed by atoms with Crippen molar-refractivity contribution in [2.75, 3.05) is 19.8 Å². The van der Waals surface area contributed by atoms with Crippen molar-refractivity contribution in [2.45, 2.75) is 31.8 Å². The Morgan fingerprint density at radius 2 is 2.25 bits per heavy atom. The summed E-state index contributed by atoms with van der Waals surface area (Å²) >= 11 is 0. The first-order valence-electron chi connectivity index (χ1n) is 7.12. The van der Waals surface area contributed by atoms with Gasteiger partial charge in [0.1, 0.15) is 5.82 Å². The molecule has 0 aromatic heterocycles. The molecule has 0 aliphatic carbocycles. The Morgan fingerprint density at radius 3 is 2.95 bits per heavy atom. The Labute approximate surface area is 118 Å². The zero-order valence-electron chi connectivity index (χ0n) is 11.7. The largest absolute Gasteiger partial charge is 0.378 e. The van der Waals surface area contributed by atoms with Gasteiger partial charge in [0, 0.05) is 25.6 Å². The highest BCUT2D eigenvalue weighted by Crippen LogP contribution is 2.37. The van der Waals surface area contributed by atoms with Gasteiger partial charge in [-0.2, -0.15) is 0 Å². The van der Waals surface area contributed by atoms with Gasteiger partial charge < -0.3 is 9.47 Å². The molecule has 0 amide bonds. The van der Waals surface area contributed by atoms with Crippen LogP contribution >= 0.6 is 0 Å². The fourth-order valence-electron chi connectivity index (χ4n) is 3.15. The van der Waals surface area contributed by atoms with Crippen LogP contribution in [0.15, 0.2) is 18.2 Å². The second-order valence-corrected chi connectivity index (χ2v) is 5.87. The smallest absolute Gasteiger partial charge is 0.169 e. The number of aryl methyl sites for hydroxylation is 1. The van der Waals surface area contributed by atoms with Crippen molar-refractivity contribution in [3.05, 3.63) is 35.1 Å². The maximum absolute atomic E-state index is 13.9. The Hall–Kier alpha value is -1.26. The zero-order chi connectivity index (χ0) is 14.2. The van der Waals surface area contributed by atoms with E-state index in [-0.39, 0.29) is 22.9 Å². The van der Waals surface area contributed by atoms with E-state index in [0.29, 0.717) is 32.7 Å². The molecule has 0 radical (unpaired) electrons. The highest BCUT2D eigenvalue weighted by atomic mass is 19.1. The lowest BCUT2D eigenvalue weighted by atomic mass is 9.81. The van der Waals surface area contributed by atoms with Gasteiger partial charge in [0.25, 0.3) is 0 Å². The molecule has 2 fully saturated rings. The van der Waals surface area contributed by atoms with E-state index in [4.69, 9.17) is 9.47 Å². The van der Waals surface area contributed by atoms with E-state index in [1.807, 2.05) is 6.92 Å². The fourth-order valence-corrected chi connectivity index (χ4v) is 3.15. The van der Waals surface area contributed by atoms with Gasteiger partial charge in [-0.05, 0) is 37.5 Å². The van der Waals surface area contributed by atoms with E-state index in [9.17, 15) is 9.18 Å².